The monoisotopic (exact) mass is 403 g/mol. The maximum Gasteiger partial charge on any atom is 0.208 e. The highest BCUT2D eigenvalue weighted by Crippen LogP contribution is 2.27. The van der Waals surface area contributed by atoms with E-state index in [-0.39, 0.29) is 19.0 Å². The molecular formula is C17H26FN3O5S. The summed E-state index contributed by atoms with van der Waals surface area (Å²) in [5.41, 5.74) is 0.933. The Morgan fingerprint density at radius 2 is 1.81 bits per heavy atom. The topological polar surface area (TPSA) is 102 Å². The van der Waals surface area contributed by atoms with Gasteiger partial charge >= 0.3 is 0 Å². The smallest absolute Gasteiger partial charge is 0.208 e. The van der Waals surface area contributed by atoms with Crippen LogP contribution in [0.1, 0.15) is 0 Å². The van der Waals surface area contributed by atoms with Crippen LogP contribution in [0.3, 0.4) is 0 Å². The van der Waals surface area contributed by atoms with Gasteiger partial charge in [-0.25, -0.2) is 17.5 Å². The molecule has 2 heterocycles. The fourth-order valence-corrected chi connectivity index (χ4v) is 4.23. The van der Waals surface area contributed by atoms with Crippen LogP contribution in [0.2, 0.25) is 0 Å². The Morgan fingerprint density at radius 1 is 1.19 bits per heavy atom. The lowest BCUT2D eigenvalue weighted by Crippen LogP contribution is -2.57. The van der Waals surface area contributed by atoms with E-state index < -0.39 is 34.4 Å². The second-order valence-corrected chi connectivity index (χ2v) is 8.83. The van der Waals surface area contributed by atoms with E-state index in [0.29, 0.717) is 26.2 Å². The van der Waals surface area contributed by atoms with Crippen molar-refractivity contribution in [3.8, 4) is 0 Å². The predicted octanol–water partition coefficient (Wildman–Crippen LogP) is -1.01. The molecule has 0 aromatic heterocycles. The average Bonchev–Trinajstić information content (AvgIpc) is 2.96. The van der Waals surface area contributed by atoms with Gasteiger partial charge in [-0.2, -0.15) is 0 Å². The number of nitrogens with one attached hydrogen (secondary N) is 1. The third-order valence-electron chi connectivity index (χ3n) is 5.12. The van der Waals surface area contributed by atoms with E-state index in [9.17, 15) is 23.0 Å². The minimum atomic E-state index is -3.39. The van der Waals surface area contributed by atoms with Crippen LogP contribution in [-0.4, -0.2) is 93.5 Å². The molecule has 2 fully saturated rings. The van der Waals surface area contributed by atoms with Crippen molar-refractivity contribution in [2.24, 2.45) is 0 Å². The molecule has 8 nitrogen and oxygen atoms in total. The molecule has 0 spiro atoms. The summed E-state index contributed by atoms with van der Waals surface area (Å²) in [5, 5.41) is 20.0. The Bertz CT molecular complexity index is 725. The lowest BCUT2D eigenvalue weighted by molar-refractivity contribution is -0.0201. The van der Waals surface area contributed by atoms with Gasteiger partial charge in [-0.15, -0.1) is 0 Å². The van der Waals surface area contributed by atoms with E-state index in [1.807, 2.05) is 0 Å². The van der Waals surface area contributed by atoms with Crippen LogP contribution in [0.25, 0.3) is 0 Å². The van der Waals surface area contributed by atoms with Gasteiger partial charge in [0.25, 0.3) is 0 Å². The zero-order valence-electron chi connectivity index (χ0n) is 15.2. The van der Waals surface area contributed by atoms with Crippen molar-refractivity contribution in [2.75, 3.05) is 50.5 Å². The Morgan fingerprint density at radius 3 is 2.37 bits per heavy atom. The van der Waals surface area contributed by atoms with Gasteiger partial charge in [0.1, 0.15) is 18.0 Å². The minimum Gasteiger partial charge on any atom is -0.394 e. The number of halogens is 1. The van der Waals surface area contributed by atoms with Crippen LogP contribution in [0.5, 0.6) is 0 Å². The molecule has 2 saturated heterocycles. The van der Waals surface area contributed by atoms with Gasteiger partial charge in [0.2, 0.25) is 10.0 Å². The molecule has 4 atom stereocenters. The number of rotatable bonds is 6. The van der Waals surface area contributed by atoms with Crippen LogP contribution in [0, 0.1) is 5.82 Å². The molecule has 27 heavy (non-hydrogen) atoms. The lowest BCUT2D eigenvalue weighted by Gasteiger charge is -2.41. The molecule has 0 bridgehead atoms. The van der Waals surface area contributed by atoms with Crippen molar-refractivity contribution in [1.29, 1.82) is 0 Å². The standard InChI is InChI=1S/C17H26FN3O5S/c1-27(24,25)19-10-14-16(17(23)15(11-22)26-14)21-8-6-20(7-9-21)13-4-2-12(18)3-5-13/h2-5,14-17,19,22-23H,6-11H2,1H3/t14-,15+,16+,17-/m1/s1. The maximum atomic E-state index is 13.1. The summed E-state index contributed by atoms with van der Waals surface area (Å²) >= 11 is 0. The van der Waals surface area contributed by atoms with Crippen LogP contribution >= 0.6 is 0 Å². The molecule has 0 radical (unpaired) electrons. The molecule has 0 unspecified atom stereocenters. The first-order valence-electron chi connectivity index (χ1n) is 8.92. The Kier molecular flexibility index (Phi) is 6.34. The fourth-order valence-electron chi connectivity index (χ4n) is 3.76. The first-order valence-corrected chi connectivity index (χ1v) is 10.8. The molecule has 3 rings (SSSR count). The molecule has 0 saturated carbocycles. The number of sulfonamides is 1. The number of hydrogen-bond acceptors (Lipinski definition) is 7. The molecule has 1 aromatic rings. The number of hydrogen-bond donors (Lipinski definition) is 3. The SMILES string of the molecule is CS(=O)(=O)NC[C@H]1O[C@@H](CO)[C@@H](O)[C@H]1N1CCN(c2ccc(F)cc2)CC1. The molecule has 0 amide bonds. The first kappa shape index (κ1) is 20.4. The van der Waals surface area contributed by atoms with Gasteiger partial charge in [0, 0.05) is 38.4 Å². The number of nitrogens with zero attached hydrogens (tertiary/aromatic N) is 2. The van der Waals surface area contributed by atoms with Crippen molar-refractivity contribution < 1.29 is 27.8 Å². The van der Waals surface area contributed by atoms with Gasteiger partial charge in [-0.3, -0.25) is 4.90 Å². The van der Waals surface area contributed by atoms with E-state index in [1.165, 1.54) is 12.1 Å². The second-order valence-electron chi connectivity index (χ2n) is 7.00. The molecule has 2 aliphatic heterocycles. The summed E-state index contributed by atoms with van der Waals surface area (Å²) in [4.78, 5) is 4.19. The van der Waals surface area contributed by atoms with Crippen molar-refractivity contribution >= 4 is 15.7 Å². The van der Waals surface area contributed by atoms with Crippen LogP contribution in [0.15, 0.2) is 24.3 Å². The minimum absolute atomic E-state index is 0.0369. The summed E-state index contributed by atoms with van der Waals surface area (Å²) in [6.45, 7) is 2.35. The number of aliphatic hydroxyl groups is 2. The highest BCUT2D eigenvalue weighted by atomic mass is 32.2. The zero-order chi connectivity index (χ0) is 19.6. The summed E-state index contributed by atoms with van der Waals surface area (Å²) in [6, 6.07) is 5.91. The first-order chi connectivity index (χ1) is 12.8. The van der Waals surface area contributed by atoms with Crippen LogP contribution < -0.4 is 9.62 Å². The highest BCUT2D eigenvalue weighted by Gasteiger charge is 2.46. The summed E-state index contributed by atoms with van der Waals surface area (Å²) in [6.07, 6.45) is -1.13. The highest BCUT2D eigenvalue weighted by molar-refractivity contribution is 7.88. The van der Waals surface area contributed by atoms with E-state index in [0.717, 1.165) is 11.9 Å². The zero-order valence-corrected chi connectivity index (χ0v) is 16.0. The Hall–Kier alpha value is -1.30. The number of aliphatic hydroxyl groups excluding tert-OH is 2. The average molecular weight is 403 g/mol. The van der Waals surface area contributed by atoms with Crippen molar-refractivity contribution in [3.05, 3.63) is 30.1 Å². The Balaban J connectivity index is 1.65. The number of ether oxygens (including phenoxy) is 1. The van der Waals surface area contributed by atoms with Crippen LogP contribution in [-0.2, 0) is 14.8 Å². The number of piperazine rings is 1. The third-order valence-corrected chi connectivity index (χ3v) is 5.81. The van der Waals surface area contributed by atoms with Gasteiger partial charge in [0.15, 0.2) is 0 Å². The molecule has 2 aliphatic rings. The summed E-state index contributed by atoms with van der Waals surface area (Å²) in [5.74, 6) is -0.278. The molecule has 152 valence electrons. The molecule has 3 N–H and O–H groups in total. The maximum absolute atomic E-state index is 13.1. The largest absolute Gasteiger partial charge is 0.394 e. The number of anilines is 1. The van der Waals surface area contributed by atoms with E-state index in [4.69, 9.17) is 4.74 Å². The van der Waals surface area contributed by atoms with Gasteiger partial charge < -0.3 is 19.8 Å². The normalized spacial score (nSPS) is 30.0. The van der Waals surface area contributed by atoms with Gasteiger partial charge in [-0.05, 0) is 24.3 Å². The summed E-state index contributed by atoms with van der Waals surface area (Å²) in [7, 11) is -3.39. The van der Waals surface area contributed by atoms with Gasteiger partial charge in [-0.1, -0.05) is 0 Å². The lowest BCUT2D eigenvalue weighted by atomic mass is 10.0. The van der Waals surface area contributed by atoms with Crippen molar-refractivity contribution in [2.45, 2.75) is 24.4 Å². The van der Waals surface area contributed by atoms with E-state index >= 15 is 0 Å². The van der Waals surface area contributed by atoms with Crippen LogP contribution in [0.4, 0.5) is 10.1 Å². The van der Waals surface area contributed by atoms with Crippen molar-refractivity contribution in [1.82, 2.24) is 9.62 Å². The van der Waals surface area contributed by atoms with Crippen molar-refractivity contribution in [3.63, 3.8) is 0 Å². The third kappa shape index (κ3) is 4.95. The second kappa shape index (κ2) is 8.38. The van der Waals surface area contributed by atoms with Gasteiger partial charge in [0.05, 0.1) is 25.0 Å². The molecular weight excluding hydrogens is 377 g/mol. The molecule has 10 heteroatoms. The quantitative estimate of drug-likeness (QED) is 0.559. The van der Waals surface area contributed by atoms with E-state index in [2.05, 4.69) is 14.5 Å². The molecule has 0 aliphatic carbocycles. The number of benzene rings is 1. The predicted molar refractivity (Wildman–Crippen MR) is 98.6 cm³/mol. The fraction of sp³-hybridized carbons (Fsp3) is 0.647. The van der Waals surface area contributed by atoms with E-state index in [1.54, 1.807) is 12.1 Å². The summed E-state index contributed by atoms with van der Waals surface area (Å²) < 4.78 is 44.0. The Labute approximate surface area is 158 Å². The molecule has 1 aromatic carbocycles.